The average Bonchev–Trinajstić information content (AvgIpc) is 2.09. The number of carbonyl (C=O) groups is 1. The lowest BCUT2D eigenvalue weighted by Crippen LogP contribution is -2.47. The van der Waals surface area contributed by atoms with Crippen LogP contribution < -0.4 is 10.6 Å². The molecular formula is C10H11ClN2O. The lowest BCUT2D eigenvalue weighted by atomic mass is 10.0. The average molecular weight is 211 g/mol. The maximum atomic E-state index is 11.6. The Morgan fingerprint density at radius 1 is 1.36 bits per heavy atom. The summed E-state index contributed by atoms with van der Waals surface area (Å²) < 4.78 is 0. The van der Waals surface area contributed by atoms with Gasteiger partial charge in [-0.25, -0.2) is 0 Å². The largest absolute Gasteiger partial charge is 0.369 e. The number of halogens is 1. The Morgan fingerprint density at radius 2 is 2.07 bits per heavy atom. The van der Waals surface area contributed by atoms with Crippen LogP contribution in [0.5, 0.6) is 0 Å². The van der Waals surface area contributed by atoms with Gasteiger partial charge in [0.15, 0.2) is 0 Å². The van der Waals surface area contributed by atoms with Gasteiger partial charge in [-0.2, -0.15) is 0 Å². The summed E-state index contributed by atoms with van der Waals surface area (Å²) >= 11 is 6.00. The summed E-state index contributed by atoms with van der Waals surface area (Å²) in [6.45, 7) is 3.63. The molecule has 1 heterocycles. The van der Waals surface area contributed by atoms with Crippen molar-refractivity contribution in [3.05, 3.63) is 23.2 Å². The first-order valence-corrected chi connectivity index (χ1v) is 4.77. The Bertz CT molecular complexity index is 401. The van der Waals surface area contributed by atoms with E-state index < -0.39 is 5.54 Å². The molecule has 0 aliphatic carbocycles. The van der Waals surface area contributed by atoms with Crippen molar-refractivity contribution >= 4 is 28.9 Å². The van der Waals surface area contributed by atoms with E-state index in [-0.39, 0.29) is 5.91 Å². The van der Waals surface area contributed by atoms with Crippen molar-refractivity contribution in [2.75, 3.05) is 10.6 Å². The summed E-state index contributed by atoms with van der Waals surface area (Å²) in [5, 5.41) is 6.54. The molecule has 3 nitrogen and oxygen atoms in total. The number of fused-ring (bicyclic) bond motifs is 1. The minimum atomic E-state index is -0.613. The van der Waals surface area contributed by atoms with E-state index in [0.717, 1.165) is 11.4 Å². The standard InChI is InChI=1S/C10H11ClN2O/c1-10(2)9(14)12-7-5-3-4-6(11)8(7)13-10/h3-5,13H,1-2H3,(H,12,14). The molecule has 2 N–H and O–H groups in total. The van der Waals surface area contributed by atoms with Crippen LogP contribution >= 0.6 is 11.6 Å². The molecule has 0 aromatic heterocycles. The smallest absolute Gasteiger partial charge is 0.249 e. The lowest BCUT2D eigenvalue weighted by Gasteiger charge is -2.33. The zero-order valence-corrected chi connectivity index (χ0v) is 8.77. The van der Waals surface area contributed by atoms with Gasteiger partial charge in [-0.05, 0) is 26.0 Å². The zero-order chi connectivity index (χ0) is 10.3. The zero-order valence-electron chi connectivity index (χ0n) is 8.02. The van der Waals surface area contributed by atoms with E-state index in [9.17, 15) is 4.79 Å². The Morgan fingerprint density at radius 3 is 2.79 bits per heavy atom. The van der Waals surface area contributed by atoms with Crippen LogP contribution in [0.15, 0.2) is 18.2 Å². The second-order valence-electron chi connectivity index (χ2n) is 3.87. The summed E-state index contributed by atoms with van der Waals surface area (Å²) in [5.41, 5.74) is 0.915. The summed E-state index contributed by atoms with van der Waals surface area (Å²) in [6.07, 6.45) is 0. The fourth-order valence-electron chi connectivity index (χ4n) is 1.40. The van der Waals surface area contributed by atoms with Crippen LogP contribution in [-0.4, -0.2) is 11.4 Å². The molecule has 1 aliphatic heterocycles. The third kappa shape index (κ3) is 1.34. The predicted octanol–water partition coefficient (Wildman–Crippen LogP) is 2.48. The first kappa shape index (κ1) is 9.34. The molecule has 1 amide bonds. The molecule has 14 heavy (non-hydrogen) atoms. The number of rotatable bonds is 0. The third-order valence-corrected chi connectivity index (χ3v) is 2.58. The molecule has 0 atom stereocenters. The summed E-state index contributed by atoms with van der Waals surface area (Å²) in [7, 11) is 0. The van der Waals surface area contributed by atoms with Gasteiger partial charge in [0.1, 0.15) is 5.54 Å². The summed E-state index contributed by atoms with van der Waals surface area (Å²) in [6, 6.07) is 5.42. The van der Waals surface area contributed by atoms with E-state index in [2.05, 4.69) is 10.6 Å². The second-order valence-corrected chi connectivity index (χ2v) is 4.27. The molecular weight excluding hydrogens is 200 g/mol. The third-order valence-electron chi connectivity index (χ3n) is 2.27. The number of hydrogen-bond donors (Lipinski definition) is 2. The highest BCUT2D eigenvalue weighted by Gasteiger charge is 2.33. The van der Waals surface area contributed by atoms with Crippen molar-refractivity contribution < 1.29 is 4.79 Å². The van der Waals surface area contributed by atoms with Gasteiger partial charge >= 0.3 is 0 Å². The maximum absolute atomic E-state index is 11.6. The lowest BCUT2D eigenvalue weighted by molar-refractivity contribution is -0.119. The first-order valence-electron chi connectivity index (χ1n) is 4.39. The quantitative estimate of drug-likeness (QED) is 0.691. The molecule has 0 saturated heterocycles. The van der Waals surface area contributed by atoms with E-state index >= 15 is 0 Å². The van der Waals surface area contributed by atoms with Crippen molar-refractivity contribution in [2.45, 2.75) is 19.4 Å². The van der Waals surface area contributed by atoms with Gasteiger partial charge in [0, 0.05) is 0 Å². The molecule has 2 rings (SSSR count). The van der Waals surface area contributed by atoms with E-state index in [1.54, 1.807) is 12.1 Å². The van der Waals surface area contributed by atoms with Gasteiger partial charge in [-0.15, -0.1) is 0 Å². The molecule has 0 unspecified atom stereocenters. The fraction of sp³-hybridized carbons (Fsp3) is 0.300. The number of anilines is 2. The normalized spacial score (nSPS) is 18.1. The fourth-order valence-corrected chi connectivity index (χ4v) is 1.62. The predicted molar refractivity (Wildman–Crippen MR) is 57.8 cm³/mol. The van der Waals surface area contributed by atoms with Crippen molar-refractivity contribution in [3.63, 3.8) is 0 Å². The van der Waals surface area contributed by atoms with Crippen LogP contribution in [0.3, 0.4) is 0 Å². The molecule has 1 aromatic carbocycles. The van der Waals surface area contributed by atoms with Gasteiger partial charge in [0.2, 0.25) is 5.91 Å². The molecule has 0 fully saturated rings. The summed E-state index contributed by atoms with van der Waals surface area (Å²) in [5.74, 6) is -0.0488. The van der Waals surface area contributed by atoms with Gasteiger partial charge < -0.3 is 10.6 Å². The van der Waals surface area contributed by atoms with Gasteiger partial charge in [-0.3, -0.25) is 4.79 Å². The number of amides is 1. The van der Waals surface area contributed by atoms with E-state index in [4.69, 9.17) is 11.6 Å². The molecule has 1 aliphatic rings. The van der Waals surface area contributed by atoms with Gasteiger partial charge in [0.25, 0.3) is 0 Å². The Hall–Kier alpha value is -1.22. The van der Waals surface area contributed by atoms with E-state index in [0.29, 0.717) is 5.02 Å². The highest BCUT2D eigenvalue weighted by atomic mass is 35.5. The van der Waals surface area contributed by atoms with E-state index in [1.807, 2.05) is 19.9 Å². The second kappa shape index (κ2) is 2.89. The SMILES string of the molecule is CC1(C)Nc2c(Cl)cccc2NC1=O. The molecule has 1 aromatic rings. The minimum Gasteiger partial charge on any atom is -0.369 e. The van der Waals surface area contributed by atoms with Crippen LogP contribution in [0.1, 0.15) is 13.8 Å². The van der Waals surface area contributed by atoms with Crippen molar-refractivity contribution in [3.8, 4) is 0 Å². The van der Waals surface area contributed by atoms with Gasteiger partial charge in [0.05, 0.1) is 16.4 Å². The molecule has 0 bridgehead atoms. The van der Waals surface area contributed by atoms with Crippen LogP contribution in [0, 0.1) is 0 Å². The van der Waals surface area contributed by atoms with Crippen molar-refractivity contribution in [1.29, 1.82) is 0 Å². The number of nitrogens with one attached hydrogen (secondary N) is 2. The van der Waals surface area contributed by atoms with Crippen LogP contribution in [-0.2, 0) is 4.79 Å². The molecule has 74 valence electrons. The van der Waals surface area contributed by atoms with Crippen LogP contribution in [0.2, 0.25) is 5.02 Å². The maximum Gasteiger partial charge on any atom is 0.249 e. The van der Waals surface area contributed by atoms with Crippen LogP contribution in [0.4, 0.5) is 11.4 Å². The highest BCUT2D eigenvalue weighted by molar-refractivity contribution is 6.34. The van der Waals surface area contributed by atoms with Gasteiger partial charge in [-0.1, -0.05) is 17.7 Å². The molecule has 0 spiro atoms. The molecule has 4 heteroatoms. The Balaban J connectivity index is 2.51. The first-order chi connectivity index (χ1) is 6.50. The Kier molecular flexibility index (Phi) is 1.93. The number of para-hydroxylation sites is 1. The van der Waals surface area contributed by atoms with Crippen molar-refractivity contribution in [2.24, 2.45) is 0 Å². The molecule has 0 saturated carbocycles. The van der Waals surface area contributed by atoms with Crippen LogP contribution in [0.25, 0.3) is 0 Å². The minimum absolute atomic E-state index is 0.0488. The monoisotopic (exact) mass is 210 g/mol. The van der Waals surface area contributed by atoms with E-state index in [1.165, 1.54) is 0 Å². The Labute approximate surface area is 87.4 Å². The number of hydrogen-bond acceptors (Lipinski definition) is 2. The number of carbonyl (C=O) groups excluding carboxylic acids is 1. The summed E-state index contributed by atoms with van der Waals surface area (Å²) in [4.78, 5) is 11.6. The highest BCUT2D eigenvalue weighted by Crippen LogP contribution is 2.36. The van der Waals surface area contributed by atoms with Crippen molar-refractivity contribution in [1.82, 2.24) is 0 Å². The molecule has 0 radical (unpaired) electrons. The topological polar surface area (TPSA) is 41.1 Å². The number of benzene rings is 1.